The summed E-state index contributed by atoms with van der Waals surface area (Å²) < 4.78 is 5.23. The summed E-state index contributed by atoms with van der Waals surface area (Å²) in [6.45, 7) is 4.42. The van der Waals surface area contributed by atoms with Crippen LogP contribution in [0.3, 0.4) is 0 Å². The fourth-order valence-corrected chi connectivity index (χ4v) is 2.88. The largest absolute Gasteiger partial charge is 0.383 e. The zero-order chi connectivity index (χ0) is 13.8. The van der Waals surface area contributed by atoms with Gasteiger partial charge in [0.1, 0.15) is 0 Å². The molecule has 0 aromatic heterocycles. The smallest absolute Gasteiger partial charge is 0.0590 e. The SMILES string of the molecule is COCCN(C1CC1)C(CN)c1ccc(Cl)cc1C. The van der Waals surface area contributed by atoms with Crippen molar-refractivity contribution in [3.8, 4) is 0 Å². The summed E-state index contributed by atoms with van der Waals surface area (Å²) in [4.78, 5) is 2.49. The van der Waals surface area contributed by atoms with Crippen LogP contribution in [0.25, 0.3) is 0 Å². The summed E-state index contributed by atoms with van der Waals surface area (Å²) in [5.74, 6) is 0. The van der Waals surface area contributed by atoms with Crippen molar-refractivity contribution in [3.05, 3.63) is 34.3 Å². The van der Waals surface area contributed by atoms with E-state index in [-0.39, 0.29) is 6.04 Å². The predicted octanol–water partition coefficient (Wildman–Crippen LogP) is 2.76. The summed E-state index contributed by atoms with van der Waals surface area (Å²) in [5, 5.41) is 0.784. The standard InChI is InChI=1S/C15H23ClN2O/c1-11-9-12(16)3-6-14(11)15(10-17)18(7-8-19-2)13-4-5-13/h3,6,9,13,15H,4-5,7-8,10,17H2,1-2H3. The van der Waals surface area contributed by atoms with Crippen LogP contribution >= 0.6 is 11.6 Å². The first-order chi connectivity index (χ1) is 9.17. The molecule has 2 rings (SSSR count). The maximum absolute atomic E-state index is 6.04. The van der Waals surface area contributed by atoms with Crippen LogP contribution in [-0.4, -0.2) is 37.7 Å². The Bertz CT molecular complexity index is 421. The van der Waals surface area contributed by atoms with Crippen LogP contribution in [-0.2, 0) is 4.74 Å². The van der Waals surface area contributed by atoms with Gasteiger partial charge in [-0.15, -0.1) is 0 Å². The van der Waals surface area contributed by atoms with Crippen molar-refractivity contribution in [2.45, 2.75) is 31.8 Å². The molecule has 1 fully saturated rings. The minimum Gasteiger partial charge on any atom is -0.383 e. The van der Waals surface area contributed by atoms with E-state index >= 15 is 0 Å². The van der Waals surface area contributed by atoms with Crippen molar-refractivity contribution in [2.75, 3.05) is 26.8 Å². The fourth-order valence-electron chi connectivity index (χ4n) is 2.65. The molecule has 1 aliphatic rings. The Hall–Kier alpha value is -0.610. The number of hydrogen-bond donors (Lipinski definition) is 1. The molecule has 1 aliphatic carbocycles. The van der Waals surface area contributed by atoms with Crippen molar-refractivity contribution >= 4 is 11.6 Å². The first-order valence-corrected chi connectivity index (χ1v) is 7.26. The molecule has 1 aromatic carbocycles. The van der Waals surface area contributed by atoms with E-state index in [9.17, 15) is 0 Å². The molecular weight excluding hydrogens is 260 g/mol. The second kappa shape index (κ2) is 6.71. The molecular formula is C15H23ClN2O. The molecule has 1 atom stereocenters. The first-order valence-electron chi connectivity index (χ1n) is 6.88. The molecule has 106 valence electrons. The normalized spacial score (nSPS) is 16.9. The second-order valence-electron chi connectivity index (χ2n) is 5.21. The van der Waals surface area contributed by atoms with Crippen LogP contribution in [0, 0.1) is 6.92 Å². The first kappa shape index (κ1) is 14.8. The average Bonchev–Trinajstić information content (AvgIpc) is 3.20. The lowest BCUT2D eigenvalue weighted by atomic mass is 9.99. The predicted molar refractivity (Wildman–Crippen MR) is 79.6 cm³/mol. The Balaban J connectivity index is 2.20. The highest BCUT2D eigenvalue weighted by Gasteiger charge is 2.34. The van der Waals surface area contributed by atoms with Gasteiger partial charge in [-0.3, -0.25) is 4.90 Å². The molecule has 0 radical (unpaired) electrons. The average molecular weight is 283 g/mol. The van der Waals surface area contributed by atoms with Gasteiger partial charge in [0, 0.05) is 37.3 Å². The maximum Gasteiger partial charge on any atom is 0.0590 e. The van der Waals surface area contributed by atoms with Gasteiger partial charge in [0.25, 0.3) is 0 Å². The van der Waals surface area contributed by atoms with Crippen molar-refractivity contribution in [2.24, 2.45) is 5.73 Å². The van der Waals surface area contributed by atoms with Gasteiger partial charge in [-0.2, -0.15) is 0 Å². The minimum absolute atomic E-state index is 0.264. The molecule has 1 saturated carbocycles. The van der Waals surface area contributed by atoms with E-state index in [1.54, 1.807) is 7.11 Å². The Morgan fingerprint density at radius 2 is 2.21 bits per heavy atom. The summed E-state index contributed by atoms with van der Waals surface area (Å²) in [7, 11) is 1.75. The number of nitrogens with two attached hydrogens (primary N) is 1. The molecule has 4 heteroatoms. The lowest BCUT2D eigenvalue weighted by Crippen LogP contribution is -2.38. The van der Waals surface area contributed by atoms with E-state index in [0.717, 1.165) is 18.2 Å². The number of ether oxygens (including phenoxy) is 1. The second-order valence-corrected chi connectivity index (χ2v) is 5.65. The summed E-state index contributed by atoms with van der Waals surface area (Å²) in [6, 6.07) is 7.01. The van der Waals surface area contributed by atoms with E-state index in [4.69, 9.17) is 22.1 Å². The third-order valence-electron chi connectivity index (χ3n) is 3.78. The Morgan fingerprint density at radius 1 is 1.47 bits per heavy atom. The van der Waals surface area contributed by atoms with Gasteiger partial charge in [-0.1, -0.05) is 17.7 Å². The van der Waals surface area contributed by atoms with E-state index in [2.05, 4.69) is 17.9 Å². The number of hydrogen-bond acceptors (Lipinski definition) is 3. The highest BCUT2D eigenvalue weighted by Crippen LogP contribution is 2.35. The third kappa shape index (κ3) is 3.69. The number of halogens is 1. The molecule has 0 saturated heterocycles. The molecule has 1 aromatic rings. The minimum atomic E-state index is 0.264. The number of benzene rings is 1. The lowest BCUT2D eigenvalue weighted by molar-refractivity contribution is 0.115. The molecule has 0 bridgehead atoms. The van der Waals surface area contributed by atoms with Crippen LogP contribution in [0.2, 0.25) is 5.02 Å². The summed E-state index contributed by atoms with van der Waals surface area (Å²) in [6.07, 6.45) is 2.54. The van der Waals surface area contributed by atoms with Crippen LogP contribution in [0.5, 0.6) is 0 Å². The van der Waals surface area contributed by atoms with Crippen molar-refractivity contribution in [1.82, 2.24) is 4.90 Å². The molecule has 1 unspecified atom stereocenters. The van der Waals surface area contributed by atoms with Crippen molar-refractivity contribution in [1.29, 1.82) is 0 Å². The van der Waals surface area contributed by atoms with E-state index in [0.29, 0.717) is 12.6 Å². The monoisotopic (exact) mass is 282 g/mol. The highest BCUT2D eigenvalue weighted by molar-refractivity contribution is 6.30. The molecule has 0 amide bonds. The number of nitrogens with zero attached hydrogens (tertiary/aromatic N) is 1. The van der Waals surface area contributed by atoms with E-state index in [1.165, 1.54) is 24.0 Å². The molecule has 0 aliphatic heterocycles. The van der Waals surface area contributed by atoms with Crippen LogP contribution in [0.1, 0.15) is 30.0 Å². The zero-order valence-corrected chi connectivity index (χ0v) is 12.5. The number of methoxy groups -OCH3 is 1. The third-order valence-corrected chi connectivity index (χ3v) is 4.02. The lowest BCUT2D eigenvalue weighted by Gasteiger charge is -2.32. The fraction of sp³-hybridized carbons (Fsp3) is 0.600. The summed E-state index contributed by atoms with van der Waals surface area (Å²) >= 11 is 6.04. The maximum atomic E-state index is 6.04. The molecule has 3 nitrogen and oxygen atoms in total. The van der Waals surface area contributed by atoms with Crippen molar-refractivity contribution in [3.63, 3.8) is 0 Å². The number of aryl methyl sites for hydroxylation is 1. The van der Waals surface area contributed by atoms with Crippen LogP contribution in [0.15, 0.2) is 18.2 Å². The highest BCUT2D eigenvalue weighted by atomic mass is 35.5. The van der Waals surface area contributed by atoms with E-state index in [1.807, 2.05) is 12.1 Å². The molecule has 19 heavy (non-hydrogen) atoms. The van der Waals surface area contributed by atoms with E-state index < -0.39 is 0 Å². The quantitative estimate of drug-likeness (QED) is 0.836. The van der Waals surface area contributed by atoms with Gasteiger partial charge in [0.05, 0.1) is 6.61 Å². The van der Waals surface area contributed by atoms with Gasteiger partial charge in [-0.05, 0) is 43.0 Å². The van der Waals surface area contributed by atoms with Gasteiger partial charge in [0.2, 0.25) is 0 Å². The summed E-state index contributed by atoms with van der Waals surface area (Å²) in [5.41, 5.74) is 8.54. The van der Waals surface area contributed by atoms with Gasteiger partial charge >= 0.3 is 0 Å². The molecule has 2 N–H and O–H groups in total. The molecule has 0 heterocycles. The van der Waals surface area contributed by atoms with Crippen LogP contribution < -0.4 is 5.73 Å². The van der Waals surface area contributed by atoms with Gasteiger partial charge in [0.15, 0.2) is 0 Å². The number of rotatable bonds is 7. The van der Waals surface area contributed by atoms with Gasteiger partial charge < -0.3 is 10.5 Å². The zero-order valence-electron chi connectivity index (χ0n) is 11.7. The topological polar surface area (TPSA) is 38.5 Å². The van der Waals surface area contributed by atoms with Gasteiger partial charge in [-0.25, -0.2) is 0 Å². The van der Waals surface area contributed by atoms with Crippen LogP contribution in [0.4, 0.5) is 0 Å². The Morgan fingerprint density at radius 3 is 2.74 bits per heavy atom. The van der Waals surface area contributed by atoms with Crippen molar-refractivity contribution < 1.29 is 4.74 Å². The molecule has 0 spiro atoms. The Labute approximate surface area is 120 Å². The Kier molecular flexibility index (Phi) is 5.22.